The first kappa shape index (κ1) is 18.9. The second kappa shape index (κ2) is 9.77. The molecule has 0 saturated carbocycles. The maximum absolute atomic E-state index is 11.2. The maximum Gasteiger partial charge on any atom is 0.367 e. The number of thiazole rings is 1. The zero-order valence-electron chi connectivity index (χ0n) is 11.3. The molecule has 1 aromatic heterocycles. The van der Waals surface area contributed by atoms with Crippen molar-refractivity contribution in [3.05, 3.63) is 16.1 Å². The summed E-state index contributed by atoms with van der Waals surface area (Å²) in [6.45, 7) is 3.98. The zero-order chi connectivity index (χ0) is 16.4. The molecule has 8 nitrogen and oxygen atoms in total. The Kier molecular flexibility index (Phi) is 8.81. The van der Waals surface area contributed by atoms with Crippen LogP contribution >= 0.6 is 23.6 Å². The average molecular weight is 334 g/mol. The van der Waals surface area contributed by atoms with E-state index >= 15 is 0 Å². The first-order valence-electron chi connectivity index (χ1n) is 5.65. The molecule has 3 N–H and O–H groups in total. The SMILES string of the molecule is CCOC(=O)c1csc(C(=O)OCC)n1.NC(=S)C(=O)O. The fraction of sp³-hybridized carbons (Fsp3) is 0.364. The lowest BCUT2D eigenvalue weighted by molar-refractivity contribution is -0.129. The molecule has 0 fully saturated rings. The van der Waals surface area contributed by atoms with Crippen molar-refractivity contribution in [3.8, 4) is 0 Å². The number of carboxylic acids is 1. The highest BCUT2D eigenvalue weighted by Crippen LogP contribution is 2.11. The molecule has 0 bridgehead atoms. The van der Waals surface area contributed by atoms with Crippen molar-refractivity contribution in [1.82, 2.24) is 4.98 Å². The number of hydrogen-bond donors (Lipinski definition) is 2. The van der Waals surface area contributed by atoms with Crippen molar-refractivity contribution in [3.63, 3.8) is 0 Å². The topological polar surface area (TPSA) is 129 Å². The molecular weight excluding hydrogens is 320 g/mol. The maximum atomic E-state index is 11.2. The number of aromatic nitrogens is 1. The largest absolute Gasteiger partial charge is 0.476 e. The number of thiocarbonyl (C=S) groups is 1. The summed E-state index contributed by atoms with van der Waals surface area (Å²) in [5.74, 6) is -2.27. The van der Waals surface area contributed by atoms with E-state index in [0.717, 1.165) is 11.3 Å². The summed E-state index contributed by atoms with van der Waals surface area (Å²) in [5, 5.41) is 9.37. The third-order valence-corrected chi connectivity index (χ3v) is 2.65. The Bertz CT molecular complexity index is 484. The van der Waals surface area contributed by atoms with E-state index in [1.165, 1.54) is 5.38 Å². The number of aliphatic carboxylic acids is 1. The number of hydrogen-bond acceptors (Lipinski definition) is 8. The van der Waals surface area contributed by atoms with Crippen LogP contribution in [0.15, 0.2) is 5.38 Å². The van der Waals surface area contributed by atoms with Crippen molar-refractivity contribution in [2.24, 2.45) is 5.73 Å². The molecule has 0 aliphatic carbocycles. The minimum atomic E-state index is -1.23. The highest BCUT2D eigenvalue weighted by molar-refractivity contribution is 7.81. The molecule has 1 heterocycles. The second-order valence-corrected chi connectivity index (χ2v) is 4.45. The molecule has 10 heteroatoms. The fourth-order valence-corrected chi connectivity index (χ4v) is 1.54. The van der Waals surface area contributed by atoms with Crippen LogP contribution in [0.1, 0.15) is 34.1 Å². The average Bonchev–Trinajstić information content (AvgIpc) is 2.89. The van der Waals surface area contributed by atoms with Crippen LogP contribution in [-0.2, 0) is 14.3 Å². The number of esters is 2. The highest BCUT2D eigenvalue weighted by Gasteiger charge is 2.16. The Morgan fingerprint density at radius 3 is 2.19 bits per heavy atom. The lowest BCUT2D eigenvalue weighted by Crippen LogP contribution is -2.19. The summed E-state index contributed by atoms with van der Waals surface area (Å²) in [4.78, 5) is 35.2. The van der Waals surface area contributed by atoms with Gasteiger partial charge in [0, 0.05) is 5.38 Å². The fourth-order valence-electron chi connectivity index (χ4n) is 0.859. The van der Waals surface area contributed by atoms with Crippen LogP contribution in [0.5, 0.6) is 0 Å². The van der Waals surface area contributed by atoms with Crippen LogP contribution in [0.3, 0.4) is 0 Å². The van der Waals surface area contributed by atoms with E-state index in [1.54, 1.807) is 13.8 Å². The van der Waals surface area contributed by atoms with Crippen LogP contribution in [0.25, 0.3) is 0 Å². The Labute approximate surface area is 129 Å². The number of carboxylic acid groups (broad SMARTS) is 1. The lowest BCUT2D eigenvalue weighted by Gasteiger charge is -1.97. The van der Waals surface area contributed by atoms with Crippen molar-refractivity contribution in [2.75, 3.05) is 13.2 Å². The molecule has 1 aromatic rings. The summed E-state index contributed by atoms with van der Waals surface area (Å²) in [7, 11) is 0. The number of nitrogens with zero attached hydrogens (tertiary/aromatic N) is 1. The van der Waals surface area contributed by atoms with Crippen molar-refractivity contribution in [1.29, 1.82) is 0 Å². The standard InChI is InChI=1S/C9H11NO4S.C2H3NO2S/c1-3-13-8(11)6-5-15-7(10-6)9(12)14-4-2;3-1(6)2(4)5/h5H,3-4H2,1-2H3;(H2,3,6)(H,4,5). The lowest BCUT2D eigenvalue weighted by atomic mass is 10.5. The van der Waals surface area contributed by atoms with Crippen molar-refractivity contribution < 1.29 is 29.0 Å². The highest BCUT2D eigenvalue weighted by atomic mass is 32.1. The molecule has 0 unspecified atom stereocenters. The van der Waals surface area contributed by atoms with Gasteiger partial charge in [0.25, 0.3) is 0 Å². The smallest absolute Gasteiger partial charge is 0.367 e. The molecule has 1 rings (SSSR count). The van der Waals surface area contributed by atoms with Gasteiger partial charge in [0.15, 0.2) is 10.7 Å². The summed E-state index contributed by atoms with van der Waals surface area (Å²) >= 11 is 5.06. The van der Waals surface area contributed by atoms with E-state index < -0.39 is 22.9 Å². The summed E-state index contributed by atoms with van der Waals surface area (Å²) in [6, 6.07) is 0. The predicted molar refractivity (Wildman–Crippen MR) is 78.4 cm³/mol. The van der Waals surface area contributed by atoms with Gasteiger partial charge in [-0.1, -0.05) is 12.2 Å². The first-order valence-corrected chi connectivity index (χ1v) is 6.94. The summed E-state index contributed by atoms with van der Waals surface area (Å²) in [6.07, 6.45) is 0. The minimum Gasteiger partial charge on any atom is -0.476 e. The molecular formula is C11H14N2O6S2. The summed E-state index contributed by atoms with van der Waals surface area (Å²) in [5.41, 5.74) is 4.71. The molecule has 0 amide bonds. The van der Waals surface area contributed by atoms with Gasteiger partial charge in [-0.3, -0.25) is 0 Å². The van der Waals surface area contributed by atoms with E-state index in [-0.39, 0.29) is 23.9 Å². The van der Waals surface area contributed by atoms with Gasteiger partial charge in [0.05, 0.1) is 13.2 Å². The van der Waals surface area contributed by atoms with Crippen molar-refractivity contribution in [2.45, 2.75) is 13.8 Å². The van der Waals surface area contributed by atoms with Crippen LogP contribution in [0.2, 0.25) is 0 Å². The van der Waals surface area contributed by atoms with E-state index in [0.29, 0.717) is 0 Å². The van der Waals surface area contributed by atoms with Crippen LogP contribution in [0, 0.1) is 0 Å². The Hall–Kier alpha value is -2.07. The number of rotatable bonds is 4. The molecule has 0 radical (unpaired) electrons. The Balaban J connectivity index is 0.000000567. The normalized spacial score (nSPS) is 9.05. The second-order valence-electron chi connectivity index (χ2n) is 3.15. The monoisotopic (exact) mass is 334 g/mol. The number of carbonyl (C=O) groups excluding carboxylic acids is 2. The first-order chi connectivity index (χ1) is 9.83. The summed E-state index contributed by atoms with van der Waals surface area (Å²) < 4.78 is 9.47. The van der Waals surface area contributed by atoms with Gasteiger partial charge in [0.2, 0.25) is 5.01 Å². The van der Waals surface area contributed by atoms with E-state index in [9.17, 15) is 14.4 Å². The van der Waals surface area contributed by atoms with Crippen LogP contribution in [0.4, 0.5) is 0 Å². The molecule has 21 heavy (non-hydrogen) atoms. The van der Waals surface area contributed by atoms with Crippen molar-refractivity contribution >= 4 is 46.5 Å². The van der Waals surface area contributed by atoms with Gasteiger partial charge in [-0.15, -0.1) is 11.3 Å². The molecule has 0 aromatic carbocycles. The Morgan fingerprint density at radius 1 is 1.29 bits per heavy atom. The number of nitrogens with two attached hydrogens (primary N) is 1. The molecule has 0 saturated heterocycles. The van der Waals surface area contributed by atoms with Gasteiger partial charge < -0.3 is 20.3 Å². The Morgan fingerprint density at radius 2 is 1.76 bits per heavy atom. The third kappa shape index (κ3) is 7.32. The van der Waals surface area contributed by atoms with Gasteiger partial charge >= 0.3 is 17.9 Å². The third-order valence-electron chi connectivity index (χ3n) is 1.65. The molecule has 116 valence electrons. The van der Waals surface area contributed by atoms with Gasteiger partial charge in [-0.25, -0.2) is 19.4 Å². The van der Waals surface area contributed by atoms with E-state index in [1.807, 2.05) is 0 Å². The van der Waals surface area contributed by atoms with Gasteiger partial charge in [0.1, 0.15) is 0 Å². The molecule has 0 spiro atoms. The predicted octanol–water partition coefficient (Wildman–Crippen LogP) is 0.854. The van der Waals surface area contributed by atoms with Crippen LogP contribution < -0.4 is 5.73 Å². The molecule has 0 atom stereocenters. The number of carbonyl (C=O) groups is 3. The van der Waals surface area contributed by atoms with E-state index in [4.69, 9.17) is 14.6 Å². The number of ether oxygens (including phenoxy) is 2. The zero-order valence-corrected chi connectivity index (χ0v) is 13.0. The minimum absolute atomic E-state index is 0.143. The van der Waals surface area contributed by atoms with E-state index in [2.05, 4.69) is 22.9 Å². The van der Waals surface area contributed by atoms with Crippen LogP contribution in [-0.4, -0.2) is 46.2 Å². The quantitative estimate of drug-likeness (QED) is 0.608. The molecule has 0 aliphatic rings. The van der Waals surface area contributed by atoms with Gasteiger partial charge in [-0.05, 0) is 13.8 Å². The van der Waals surface area contributed by atoms with Gasteiger partial charge in [-0.2, -0.15) is 0 Å². The molecule has 0 aliphatic heterocycles.